The van der Waals surface area contributed by atoms with E-state index < -0.39 is 0 Å². The van der Waals surface area contributed by atoms with Crippen molar-refractivity contribution in [1.82, 2.24) is 9.97 Å². The zero-order valence-electron chi connectivity index (χ0n) is 13.8. The lowest BCUT2D eigenvalue weighted by atomic mass is 10.2. The Balaban J connectivity index is 1.82. The summed E-state index contributed by atoms with van der Waals surface area (Å²) in [6, 6.07) is 4.97. The fourth-order valence-corrected chi connectivity index (χ4v) is 3.78. The maximum atomic E-state index is 12.5. The van der Waals surface area contributed by atoms with Crippen LogP contribution in [0.2, 0.25) is 0 Å². The van der Waals surface area contributed by atoms with Gasteiger partial charge in [0.25, 0.3) is 5.91 Å². The van der Waals surface area contributed by atoms with E-state index >= 15 is 0 Å². The van der Waals surface area contributed by atoms with Crippen molar-refractivity contribution >= 4 is 38.8 Å². The van der Waals surface area contributed by atoms with E-state index in [4.69, 9.17) is 15.2 Å². The van der Waals surface area contributed by atoms with Gasteiger partial charge in [0.2, 0.25) is 0 Å². The number of anilines is 2. The van der Waals surface area contributed by atoms with Gasteiger partial charge >= 0.3 is 0 Å². The number of aryl methyl sites for hydroxylation is 1. The lowest BCUT2D eigenvalue weighted by molar-refractivity contribution is 0.102. The molecule has 3 rings (SSSR count). The first kappa shape index (κ1) is 17.2. The summed E-state index contributed by atoms with van der Waals surface area (Å²) in [7, 11) is 3.07. The van der Waals surface area contributed by atoms with E-state index in [-0.39, 0.29) is 5.91 Å². The maximum Gasteiger partial charge on any atom is 0.257 e. The van der Waals surface area contributed by atoms with Crippen molar-refractivity contribution in [2.45, 2.75) is 6.92 Å². The molecule has 0 aliphatic rings. The average molecular weight is 376 g/mol. The number of nitrogen functional groups attached to an aromatic ring is 1. The van der Waals surface area contributed by atoms with Crippen LogP contribution in [-0.4, -0.2) is 30.1 Å². The predicted molar refractivity (Wildman–Crippen MR) is 99.9 cm³/mol. The number of aromatic nitrogens is 2. The Hall–Kier alpha value is -2.65. The number of nitrogens with zero attached hydrogens (tertiary/aromatic N) is 2. The second-order valence-electron chi connectivity index (χ2n) is 5.03. The molecule has 0 saturated carbocycles. The lowest BCUT2D eigenvalue weighted by Crippen LogP contribution is -2.11. The maximum absolute atomic E-state index is 12.5. The molecule has 0 spiro atoms. The van der Waals surface area contributed by atoms with Crippen LogP contribution in [0.4, 0.5) is 10.3 Å². The highest BCUT2D eigenvalue weighted by Gasteiger charge is 2.16. The van der Waals surface area contributed by atoms with Crippen molar-refractivity contribution in [3.63, 3.8) is 0 Å². The summed E-state index contributed by atoms with van der Waals surface area (Å²) in [6.07, 6.45) is 0. The summed E-state index contributed by atoms with van der Waals surface area (Å²) in [5.74, 6) is 0.774. The van der Waals surface area contributed by atoms with E-state index in [0.29, 0.717) is 27.3 Å². The number of hydrogen-bond acceptors (Lipinski definition) is 8. The van der Waals surface area contributed by atoms with E-state index in [1.165, 1.54) is 29.8 Å². The van der Waals surface area contributed by atoms with Gasteiger partial charge in [-0.2, -0.15) is 0 Å². The first-order valence-electron chi connectivity index (χ1n) is 7.24. The van der Waals surface area contributed by atoms with Gasteiger partial charge in [-0.1, -0.05) is 11.3 Å². The summed E-state index contributed by atoms with van der Waals surface area (Å²) in [5.41, 5.74) is 7.69. The Morgan fingerprint density at radius 1 is 1.20 bits per heavy atom. The molecule has 2 aromatic heterocycles. The number of benzene rings is 1. The number of rotatable bonds is 5. The Labute approximate surface area is 152 Å². The molecule has 2 heterocycles. The van der Waals surface area contributed by atoms with Crippen molar-refractivity contribution in [1.29, 1.82) is 0 Å². The fourth-order valence-electron chi connectivity index (χ4n) is 2.23. The molecular weight excluding hydrogens is 360 g/mol. The third-order valence-electron chi connectivity index (χ3n) is 3.42. The first-order valence-corrected chi connectivity index (χ1v) is 8.93. The van der Waals surface area contributed by atoms with E-state index in [1.807, 2.05) is 12.3 Å². The van der Waals surface area contributed by atoms with Gasteiger partial charge in [0.1, 0.15) is 0 Å². The number of amides is 1. The molecule has 0 atom stereocenters. The molecule has 0 unspecified atom stereocenters. The van der Waals surface area contributed by atoms with Gasteiger partial charge in [0.05, 0.1) is 30.5 Å². The van der Waals surface area contributed by atoms with E-state index in [2.05, 4.69) is 15.3 Å². The van der Waals surface area contributed by atoms with Crippen LogP contribution in [0.5, 0.6) is 11.5 Å². The topological polar surface area (TPSA) is 99.4 Å². The predicted octanol–water partition coefficient (Wildman–Crippen LogP) is 3.43. The van der Waals surface area contributed by atoms with Crippen molar-refractivity contribution in [3.05, 3.63) is 34.8 Å². The van der Waals surface area contributed by atoms with Crippen LogP contribution in [0.25, 0.3) is 10.6 Å². The summed E-state index contributed by atoms with van der Waals surface area (Å²) < 4.78 is 10.4. The van der Waals surface area contributed by atoms with Crippen LogP contribution in [0, 0.1) is 6.92 Å². The van der Waals surface area contributed by atoms with Gasteiger partial charge < -0.3 is 15.2 Å². The van der Waals surface area contributed by atoms with Crippen LogP contribution in [0.1, 0.15) is 16.1 Å². The molecule has 9 heteroatoms. The molecule has 0 saturated heterocycles. The largest absolute Gasteiger partial charge is 0.493 e. The molecule has 0 fully saturated rings. The molecule has 130 valence electrons. The van der Waals surface area contributed by atoms with Gasteiger partial charge in [-0.25, -0.2) is 9.97 Å². The van der Waals surface area contributed by atoms with E-state index in [0.717, 1.165) is 16.3 Å². The van der Waals surface area contributed by atoms with Crippen LogP contribution in [0.3, 0.4) is 0 Å². The second-order valence-corrected chi connectivity index (χ2v) is 6.92. The highest BCUT2D eigenvalue weighted by molar-refractivity contribution is 7.19. The quantitative estimate of drug-likeness (QED) is 0.708. The van der Waals surface area contributed by atoms with Gasteiger partial charge in [-0.05, 0) is 25.1 Å². The Bertz CT molecular complexity index is 920. The highest BCUT2D eigenvalue weighted by atomic mass is 32.1. The minimum atomic E-state index is -0.279. The molecule has 1 aromatic carbocycles. The summed E-state index contributed by atoms with van der Waals surface area (Å²) in [6.45, 7) is 1.87. The number of carbonyl (C=O) groups is 1. The monoisotopic (exact) mass is 376 g/mol. The Kier molecular flexibility index (Phi) is 4.86. The van der Waals surface area contributed by atoms with Crippen molar-refractivity contribution in [2.24, 2.45) is 0 Å². The SMILES string of the molecule is COc1ccc(C(=O)Nc2nc(C)c(-c3csc(N)n3)s2)cc1OC. The number of thiazole rings is 2. The first-order chi connectivity index (χ1) is 12.0. The molecule has 3 N–H and O–H groups in total. The van der Waals surface area contributed by atoms with Crippen molar-refractivity contribution < 1.29 is 14.3 Å². The average Bonchev–Trinajstić information content (AvgIpc) is 3.19. The number of hydrogen-bond donors (Lipinski definition) is 2. The molecule has 25 heavy (non-hydrogen) atoms. The molecule has 0 aliphatic heterocycles. The van der Waals surface area contributed by atoms with Crippen LogP contribution < -0.4 is 20.5 Å². The molecule has 0 bridgehead atoms. The number of carbonyl (C=O) groups excluding carboxylic acids is 1. The van der Waals surface area contributed by atoms with Gasteiger partial charge in [-0.3, -0.25) is 10.1 Å². The number of nitrogens with one attached hydrogen (secondary N) is 1. The third kappa shape index (κ3) is 3.57. The molecule has 7 nitrogen and oxygen atoms in total. The van der Waals surface area contributed by atoms with E-state index in [1.54, 1.807) is 25.3 Å². The van der Waals surface area contributed by atoms with Crippen molar-refractivity contribution in [3.8, 4) is 22.1 Å². The number of methoxy groups -OCH3 is 2. The minimum Gasteiger partial charge on any atom is -0.493 e. The van der Waals surface area contributed by atoms with Crippen LogP contribution >= 0.6 is 22.7 Å². The Morgan fingerprint density at radius 2 is 1.96 bits per heavy atom. The van der Waals surface area contributed by atoms with Crippen molar-refractivity contribution in [2.75, 3.05) is 25.3 Å². The molecular formula is C16H16N4O3S2. The smallest absolute Gasteiger partial charge is 0.257 e. The molecule has 3 aromatic rings. The lowest BCUT2D eigenvalue weighted by Gasteiger charge is -2.09. The second kappa shape index (κ2) is 7.08. The Morgan fingerprint density at radius 3 is 2.60 bits per heavy atom. The van der Waals surface area contributed by atoms with E-state index in [9.17, 15) is 4.79 Å². The summed E-state index contributed by atoms with van der Waals surface area (Å²) in [5, 5.41) is 5.67. The highest BCUT2D eigenvalue weighted by Crippen LogP contribution is 2.34. The van der Waals surface area contributed by atoms with Crippen LogP contribution in [-0.2, 0) is 0 Å². The minimum absolute atomic E-state index is 0.279. The summed E-state index contributed by atoms with van der Waals surface area (Å²) in [4.78, 5) is 22.0. The molecule has 0 aliphatic carbocycles. The third-order valence-corrected chi connectivity index (χ3v) is 5.19. The van der Waals surface area contributed by atoms with Gasteiger partial charge in [0.15, 0.2) is 21.8 Å². The number of ether oxygens (including phenoxy) is 2. The molecule has 0 radical (unpaired) electrons. The zero-order chi connectivity index (χ0) is 18.0. The standard InChI is InChI=1S/C16H16N4O3S2/c1-8-13(10-7-24-15(17)19-10)25-16(18-8)20-14(21)9-4-5-11(22-2)12(6-9)23-3/h4-7H,1-3H3,(H2,17,19)(H,18,20,21). The zero-order valence-corrected chi connectivity index (χ0v) is 15.5. The summed E-state index contributed by atoms with van der Waals surface area (Å²) >= 11 is 2.72. The molecule has 1 amide bonds. The van der Waals surface area contributed by atoms with Gasteiger partial charge in [0, 0.05) is 10.9 Å². The van der Waals surface area contributed by atoms with Crippen LogP contribution in [0.15, 0.2) is 23.6 Å². The fraction of sp³-hybridized carbons (Fsp3) is 0.188. The number of nitrogens with two attached hydrogens (primary N) is 1. The van der Waals surface area contributed by atoms with Gasteiger partial charge in [-0.15, -0.1) is 11.3 Å². The normalized spacial score (nSPS) is 10.5.